The largest absolute Gasteiger partial charge is 0.477 e. The molecule has 0 spiro atoms. The van der Waals surface area contributed by atoms with E-state index in [1.165, 1.54) is 0 Å². The van der Waals surface area contributed by atoms with Crippen LogP contribution < -0.4 is 9.47 Å². The Morgan fingerprint density at radius 1 is 1.12 bits per heavy atom. The van der Waals surface area contributed by atoms with Gasteiger partial charge in [-0.05, 0) is 11.6 Å². The van der Waals surface area contributed by atoms with Crippen molar-refractivity contribution in [1.29, 1.82) is 0 Å². The molecule has 1 aliphatic rings. The monoisotopic (exact) mass is 227 g/mol. The smallest absolute Gasteiger partial charge is 0.219 e. The highest BCUT2D eigenvalue weighted by molar-refractivity contribution is 5.33. The van der Waals surface area contributed by atoms with Crippen molar-refractivity contribution in [3.8, 4) is 11.8 Å². The van der Waals surface area contributed by atoms with Crippen molar-refractivity contribution >= 4 is 0 Å². The molecule has 0 radical (unpaired) electrons. The van der Waals surface area contributed by atoms with Crippen LogP contribution in [0.25, 0.3) is 0 Å². The zero-order valence-corrected chi connectivity index (χ0v) is 9.43. The number of ether oxygens (including phenoxy) is 2. The van der Waals surface area contributed by atoms with E-state index in [0.717, 1.165) is 30.0 Å². The van der Waals surface area contributed by atoms with Gasteiger partial charge in [0, 0.05) is 18.1 Å². The minimum Gasteiger partial charge on any atom is -0.477 e. The molecule has 2 aromatic rings. The molecule has 86 valence electrons. The molecule has 17 heavy (non-hydrogen) atoms. The van der Waals surface area contributed by atoms with E-state index in [0.29, 0.717) is 12.5 Å². The average Bonchev–Trinajstić information content (AvgIpc) is 2.85. The van der Waals surface area contributed by atoms with E-state index in [-0.39, 0.29) is 0 Å². The van der Waals surface area contributed by atoms with Gasteiger partial charge in [-0.3, -0.25) is 0 Å². The van der Waals surface area contributed by atoms with Gasteiger partial charge in [0.05, 0.1) is 6.61 Å². The van der Waals surface area contributed by atoms with Gasteiger partial charge < -0.3 is 9.47 Å². The molecule has 0 saturated carbocycles. The van der Waals surface area contributed by atoms with Crippen LogP contribution in [0.3, 0.4) is 0 Å². The van der Waals surface area contributed by atoms with E-state index in [4.69, 9.17) is 9.47 Å². The fourth-order valence-corrected chi connectivity index (χ4v) is 1.84. The number of hydrogen-bond acceptors (Lipinski definition) is 3. The first-order valence-electron chi connectivity index (χ1n) is 5.71. The van der Waals surface area contributed by atoms with Gasteiger partial charge in [0.1, 0.15) is 6.61 Å². The molecule has 3 nitrogen and oxygen atoms in total. The summed E-state index contributed by atoms with van der Waals surface area (Å²) in [4.78, 5) is 4.32. The predicted octanol–water partition coefficient (Wildman–Crippen LogP) is 2.60. The number of benzene rings is 1. The summed E-state index contributed by atoms with van der Waals surface area (Å²) in [5.41, 5.74) is 2.30. The van der Waals surface area contributed by atoms with Crippen molar-refractivity contribution in [3.05, 3.63) is 53.6 Å². The normalized spacial score (nSPS) is 12.9. The molecule has 0 saturated heterocycles. The van der Waals surface area contributed by atoms with Crippen LogP contribution in [0.1, 0.15) is 11.1 Å². The Morgan fingerprint density at radius 3 is 2.88 bits per heavy atom. The van der Waals surface area contributed by atoms with Crippen LogP contribution in [0.5, 0.6) is 11.8 Å². The van der Waals surface area contributed by atoms with Crippen molar-refractivity contribution in [2.75, 3.05) is 6.61 Å². The van der Waals surface area contributed by atoms with Gasteiger partial charge in [-0.25, -0.2) is 0 Å². The second kappa shape index (κ2) is 4.45. The molecule has 1 aromatic carbocycles. The summed E-state index contributed by atoms with van der Waals surface area (Å²) >= 11 is 0. The Balaban J connectivity index is 1.70. The molecule has 0 bridgehead atoms. The first kappa shape index (κ1) is 10.1. The molecule has 0 amide bonds. The Hall–Kier alpha value is -2.03. The molecule has 2 heterocycles. The predicted molar refractivity (Wildman–Crippen MR) is 64.2 cm³/mol. The van der Waals surface area contributed by atoms with Gasteiger partial charge in [0.25, 0.3) is 0 Å². The van der Waals surface area contributed by atoms with Crippen molar-refractivity contribution in [1.82, 2.24) is 4.98 Å². The van der Waals surface area contributed by atoms with E-state index < -0.39 is 0 Å². The van der Waals surface area contributed by atoms with Crippen molar-refractivity contribution < 1.29 is 9.47 Å². The number of aromatic nitrogens is 1. The minimum atomic E-state index is 0.534. The number of fused-ring (bicyclic) bond motifs is 1. The lowest BCUT2D eigenvalue weighted by molar-refractivity contribution is 0.284. The van der Waals surface area contributed by atoms with E-state index in [9.17, 15) is 0 Å². The van der Waals surface area contributed by atoms with Gasteiger partial charge in [0.2, 0.25) is 11.8 Å². The van der Waals surface area contributed by atoms with Crippen LogP contribution in [-0.2, 0) is 13.0 Å². The minimum absolute atomic E-state index is 0.534. The summed E-state index contributed by atoms with van der Waals surface area (Å²) in [6, 6.07) is 14.0. The summed E-state index contributed by atoms with van der Waals surface area (Å²) in [7, 11) is 0. The lowest BCUT2D eigenvalue weighted by Gasteiger charge is -2.06. The summed E-state index contributed by atoms with van der Waals surface area (Å²) < 4.78 is 11.0. The second-order valence-corrected chi connectivity index (χ2v) is 3.99. The molecular formula is C14H13NO2. The van der Waals surface area contributed by atoms with Gasteiger partial charge >= 0.3 is 0 Å². The Kier molecular flexibility index (Phi) is 2.66. The van der Waals surface area contributed by atoms with Gasteiger partial charge in [-0.15, -0.1) is 0 Å². The fraction of sp³-hybridized carbons (Fsp3) is 0.214. The Bertz CT molecular complexity index is 511. The molecule has 3 heteroatoms. The van der Waals surface area contributed by atoms with Crippen LogP contribution in [0.15, 0.2) is 42.5 Å². The Morgan fingerprint density at radius 2 is 2.00 bits per heavy atom. The van der Waals surface area contributed by atoms with Gasteiger partial charge in [-0.2, -0.15) is 4.98 Å². The number of nitrogens with zero attached hydrogens (tertiary/aromatic N) is 1. The quantitative estimate of drug-likeness (QED) is 0.807. The molecule has 0 aliphatic carbocycles. The zero-order chi connectivity index (χ0) is 11.5. The zero-order valence-electron chi connectivity index (χ0n) is 9.43. The average molecular weight is 227 g/mol. The number of rotatable bonds is 3. The third-order valence-electron chi connectivity index (χ3n) is 2.75. The second-order valence-electron chi connectivity index (χ2n) is 3.99. The molecule has 0 unspecified atom stereocenters. The third-order valence-corrected chi connectivity index (χ3v) is 2.75. The van der Waals surface area contributed by atoms with E-state index >= 15 is 0 Å². The van der Waals surface area contributed by atoms with Gasteiger partial charge in [0.15, 0.2) is 0 Å². The summed E-state index contributed by atoms with van der Waals surface area (Å²) in [5.74, 6) is 1.34. The fourth-order valence-electron chi connectivity index (χ4n) is 1.84. The molecule has 0 atom stereocenters. The number of pyridine rings is 1. The third kappa shape index (κ3) is 2.23. The first-order chi connectivity index (χ1) is 8.42. The van der Waals surface area contributed by atoms with Crippen molar-refractivity contribution in [2.45, 2.75) is 13.0 Å². The highest BCUT2D eigenvalue weighted by Crippen LogP contribution is 2.25. The highest BCUT2D eigenvalue weighted by atomic mass is 16.5. The van der Waals surface area contributed by atoms with E-state index in [2.05, 4.69) is 4.98 Å². The maximum Gasteiger partial charge on any atom is 0.219 e. The summed E-state index contributed by atoms with van der Waals surface area (Å²) in [6.07, 6.45) is 0.946. The molecule has 0 N–H and O–H groups in total. The lowest BCUT2D eigenvalue weighted by Crippen LogP contribution is -1.97. The van der Waals surface area contributed by atoms with Crippen LogP contribution in [0.4, 0.5) is 0 Å². The molecule has 3 rings (SSSR count). The van der Waals surface area contributed by atoms with Crippen LogP contribution in [0.2, 0.25) is 0 Å². The summed E-state index contributed by atoms with van der Waals surface area (Å²) in [6.45, 7) is 1.26. The molecule has 0 fully saturated rings. The SMILES string of the molecule is c1ccc(COc2ccc3c(n2)OCC3)cc1. The van der Waals surface area contributed by atoms with Crippen molar-refractivity contribution in [3.63, 3.8) is 0 Å². The maximum atomic E-state index is 5.63. The van der Waals surface area contributed by atoms with Crippen LogP contribution in [-0.4, -0.2) is 11.6 Å². The molecule has 1 aliphatic heterocycles. The highest BCUT2D eigenvalue weighted by Gasteiger charge is 2.14. The van der Waals surface area contributed by atoms with Crippen LogP contribution in [0, 0.1) is 0 Å². The lowest BCUT2D eigenvalue weighted by atomic mass is 10.2. The molecular weight excluding hydrogens is 214 g/mol. The first-order valence-corrected chi connectivity index (χ1v) is 5.71. The summed E-state index contributed by atoms with van der Waals surface area (Å²) in [5, 5.41) is 0. The van der Waals surface area contributed by atoms with E-state index in [1.54, 1.807) is 0 Å². The van der Waals surface area contributed by atoms with Gasteiger partial charge in [-0.1, -0.05) is 30.3 Å². The molecule has 1 aromatic heterocycles. The van der Waals surface area contributed by atoms with Crippen LogP contribution >= 0.6 is 0 Å². The number of hydrogen-bond donors (Lipinski definition) is 0. The topological polar surface area (TPSA) is 31.4 Å². The van der Waals surface area contributed by atoms with Crippen molar-refractivity contribution in [2.24, 2.45) is 0 Å². The Labute approximate surface area is 100 Å². The van der Waals surface area contributed by atoms with E-state index in [1.807, 2.05) is 42.5 Å². The standard InChI is InChI=1S/C14H13NO2/c1-2-4-11(5-3-1)10-17-13-7-6-12-8-9-16-14(12)15-13/h1-7H,8-10H2. The maximum absolute atomic E-state index is 5.63.